The summed E-state index contributed by atoms with van der Waals surface area (Å²) in [5.74, 6) is 1.14. The molecule has 0 bridgehead atoms. The number of nitrogens with zero attached hydrogens (tertiary/aromatic N) is 2. The molecule has 118 valence electrons. The normalized spacial score (nSPS) is 16.7. The third kappa shape index (κ3) is 2.54. The maximum Gasteiger partial charge on any atom is 0.256 e. The molecule has 0 radical (unpaired) electrons. The topological polar surface area (TPSA) is 87.3 Å². The minimum Gasteiger partial charge on any atom is -0.487 e. The minimum absolute atomic E-state index is 0.0718. The molecular weight excluding hydrogens is 296 g/mol. The maximum absolute atomic E-state index is 12.5. The summed E-state index contributed by atoms with van der Waals surface area (Å²) in [6, 6.07) is 7.68. The molecule has 3 heterocycles. The number of benzene rings is 1. The van der Waals surface area contributed by atoms with Gasteiger partial charge in [-0.15, -0.1) is 0 Å². The molecule has 1 saturated heterocycles. The zero-order chi connectivity index (χ0) is 15.8. The number of ether oxygens (including phenoxy) is 1. The molecule has 23 heavy (non-hydrogen) atoms. The van der Waals surface area contributed by atoms with Crippen LogP contribution < -0.4 is 20.5 Å². The summed E-state index contributed by atoms with van der Waals surface area (Å²) in [4.78, 5) is 33.1. The van der Waals surface area contributed by atoms with Crippen LogP contribution in [0.15, 0.2) is 29.1 Å². The minimum atomic E-state index is -0.170. The zero-order valence-corrected chi connectivity index (χ0v) is 12.5. The number of hydrogen-bond donors (Lipinski definition) is 2. The molecule has 1 aromatic heterocycles. The second-order valence-corrected chi connectivity index (χ2v) is 5.66. The van der Waals surface area contributed by atoms with Gasteiger partial charge in [0.2, 0.25) is 11.9 Å². The Labute approximate surface area is 132 Å². The van der Waals surface area contributed by atoms with Crippen molar-refractivity contribution >= 4 is 11.9 Å². The molecule has 7 heteroatoms. The van der Waals surface area contributed by atoms with E-state index in [0.29, 0.717) is 36.7 Å². The molecule has 1 aromatic carbocycles. The van der Waals surface area contributed by atoms with E-state index < -0.39 is 0 Å². The highest BCUT2D eigenvalue weighted by atomic mass is 16.5. The van der Waals surface area contributed by atoms with Crippen LogP contribution in [0.25, 0.3) is 0 Å². The number of aromatic nitrogens is 2. The number of amides is 1. The largest absolute Gasteiger partial charge is 0.487 e. The average molecular weight is 312 g/mol. The molecule has 1 fully saturated rings. The first-order valence-electron chi connectivity index (χ1n) is 7.55. The fourth-order valence-electron chi connectivity index (χ4n) is 2.93. The van der Waals surface area contributed by atoms with Gasteiger partial charge in [-0.05, 0) is 11.6 Å². The molecule has 2 aliphatic rings. The summed E-state index contributed by atoms with van der Waals surface area (Å²) in [6.45, 7) is 1.61. The summed E-state index contributed by atoms with van der Waals surface area (Å²) in [5.41, 5.74) is 2.06. The molecule has 0 saturated carbocycles. The van der Waals surface area contributed by atoms with Crippen molar-refractivity contribution in [3.63, 3.8) is 0 Å². The first kappa shape index (κ1) is 13.8. The zero-order valence-electron chi connectivity index (χ0n) is 12.5. The number of piperazine rings is 1. The second-order valence-electron chi connectivity index (χ2n) is 5.66. The van der Waals surface area contributed by atoms with Gasteiger partial charge in [0.05, 0.1) is 12.2 Å². The molecule has 4 rings (SSSR count). The maximum atomic E-state index is 12.5. The lowest BCUT2D eigenvalue weighted by atomic mass is 10.1. The smallest absolute Gasteiger partial charge is 0.256 e. The highest BCUT2D eigenvalue weighted by molar-refractivity contribution is 5.81. The van der Waals surface area contributed by atoms with Gasteiger partial charge in [0.15, 0.2) is 0 Å². The van der Waals surface area contributed by atoms with Crippen molar-refractivity contribution in [3.8, 4) is 5.75 Å². The van der Waals surface area contributed by atoms with Crippen LogP contribution in [0.5, 0.6) is 5.75 Å². The van der Waals surface area contributed by atoms with E-state index in [-0.39, 0.29) is 24.6 Å². The van der Waals surface area contributed by atoms with Crippen LogP contribution >= 0.6 is 0 Å². The Bertz CT molecular complexity index is 830. The molecule has 1 amide bonds. The molecule has 0 spiro atoms. The van der Waals surface area contributed by atoms with Gasteiger partial charge >= 0.3 is 0 Å². The summed E-state index contributed by atoms with van der Waals surface area (Å²) >= 11 is 0. The summed E-state index contributed by atoms with van der Waals surface area (Å²) < 4.78 is 5.78. The Hall–Kier alpha value is -2.83. The predicted molar refractivity (Wildman–Crippen MR) is 83.7 cm³/mol. The molecule has 0 aliphatic carbocycles. The van der Waals surface area contributed by atoms with Crippen LogP contribution in [-0.2, 0) is 17.8 Å². The Kier molecular flexibility index (Phi) is 3.25. The molecule has 0 atom stereocenters. The van der Waals surface area contributed by atoms with E-state index >= 15 is 0 Å². The molecule has 0 unspecified atom stereocenters. The third-order valence-corrected chi connectivity index (χ3v) is 4.13. The SMILES string of the molecule is O=C1CN(c2nc3c(c(=O)[nH]2)Cc2ccccc2OC3)CCN1. The van der Waals surface area contributed by atoms with Crippen molar-refractivity contribution in [2.45, 2.75) is 13.0 Å². The molecule has 2 aromatic rings. The Morgan fingerprint density at radius 1 is 1.22 bits per heavy atom. The van der Waals surface area contributed by atoms with Gasteiger partial charge in [-0.25, -0.2) is 4.98 Å². The Morgan fingerprint density at radius 3 is 2.96 bits per heavy atom. The van der Waals surface area contributed by atoms with Gasteiger partial charge in [-0.2, -0.15) is 0 Å². The van der Waals surface area contributed by atoms with Gasteiger partial charge in [0, 0.05) is 25.1 Å². The van der Waals surface area contributed by atoms with E-state index in [4.69, 9.17) is 4.74 Å². The number of nitrogens with one attached hydrogen (secondary N) is 2. The number of para-hydroxylation sites is 1. The standard InChI is InChI=1S/C16H16N4O3/c21-14-8-20(6-5-17-14)16-18-12-9-23-13-4-2-1-3-10(13)7-11(12)15(22)19-16/h1-4H,5-9H2,(H,17,21)(H,18,19,22). The predicted octanol–water partition coefficient (Wildman–Crippen LogP) is 0.189. The van der Waals surface area contributed by atoms with Crippen molar-refractivity contribution in [2.75, 3.05) is 24.5 Å². The van der Waals surface area contributed by atoms with Crippen molar-refractivity contribution in [3.05, 3.63) is 51.4 Å². The van der Waals surface area contributed by atoms with Crippen molar-refractivity contribution in [1.29, 1.82) is 0 Å². The van der Waals surface area contributed by atoms with Gasteiger partial charge in [0.1, 0.15) is 12.4 Å². The van der Waals surface area contributed by atoms with Crippen LogP contribution in [0.3, 0.4) is 0 Å². The van der Waals surface area contributed by atoms with E-state index in [2.05, 4.69) is 15.3 Å². The highest BCUT2D eigenvalue weighted by Crippen LogP contribution is 2.26. The van der Waals surface area contributed by atoms with Crippen LogP contribution in [-0.4, -0.2) is 35.5 Å². The van der Waals surface area contributed by atoms with Crippen molar-refractivity contribution in [1.82, 2.24) is 15.3 Å². The molecule has 2 aliphatic heterocycles. The summed E-state index contributed by atoms with van der Waals surface area (Å²) in [6.07, 6.45) is 0.495. The van der Waals surface area contributed by atoms with E-state index in [1.165, 1.54) is 0 Å². The fraction of sp³-hybridized carbons (Fsp3) is 0.312. The lowest BCUT2D eigenvalue weighted by molar-refractivity contribution is -0.120. The number of anilines is 1. The summed E-state index contributed by atoms with van der Waals surface area (Å²) in [5, 5.41) is 2.76. The number of hydrogen-bond acceptors (Lipinski definition) is 5. The molecule has 7 nitrogen and oxygen atoms in total. The van der Waals surface area contributed by atoms with E-state index in [1.807, 2.05) is 24.3 Å². The number of aromatic amines is 1. The average Bonchev–Trinajstić information content (AvgIpc) is 2.75. The van der Waals surface area contributed by atoms with Gasteiger partial charge in [0.25, 0.3) is 5.56 Å². The summed E-state index contributed by atoms with van der Waals surface area (Å²) in [7, 11) is 0. The van der Waals surface area contributed by atoms with E-state index in [0.717, 1.165) is 11.3 Å². The second kappa shape index (κ2) is 5.42. The van der Waals surface area contributed by atoms with Crippen LogP contribution in [0.4, 0.5) is 5.95 Å². The first-order valence-corrected chi connectivity index (χ1v) is 7.55. The van der Waals surface area contributed by atoms with Crippen molar-refractivity contribution in [2.24, 2.45) is 0 Å². The monoisotopic (exact) mass is 312 g/mol. The first-order chi connectivity index (χ1) is 11.2. The van der Waals surface area contributed by atoms with Crippen molar-refractivity contribution < 1.29 is 9.53 Å². The number of fused-ring (bicyclic) bond motifs is 2. The highest BCUT2D eigenvalue weighted by Gasteiger charge is 2.23. The fourth-order valence-corrected chi connectivity index (χ4v) is 2.93. The van der Waals surface area contributed by atoms with Crippen LogP contribution in [0, 0.1) is 0 Å². The Morgan fingerprint density at radius 2 is 2.09 bits per heavy atom. The van der Waals surface area contributed by atoms with Gasteiger partial charge < -0.3 is 15.0 Å². The number of carbonyl (C=O) groups is 1. The lowest BCUT2D eigenvalue weighted by Gasteiger charge is -2.27. The number of H-pyrrole nitrogens is 1. The molecule has 2 N–H and O–H groups in total. The van der Waals surface area contributed by atoms with Gasteiger partial charge in [-0.3, -0.25) is 14.6 Å². The Balaban J connectivity index is 1.72. The third-order valence-electron chi connectivity index (χ3n) is 4.13. The number of rotatable bonds is 1. The van der Waals surface area contributed by atoms with Gasteiger partial charge in [-0.1, -0.05) is 18.2 Å². The lowest BCUT2D eigenvalue weighted by Crippen LogP contribution is -2.48. The number of carbonyl (C=O) groups excluding carboxylic acids is 1. The van der Waals surface area contributed by atoms with E-state index in [1.54, 1.807) is 4.90 Å². The van der Waals surface area contributed by atoms with Crippen LogP contribution in [0.1, 0.15) is 16.8 Å². The van der Waals surface area contributed by atoms with E-state index in [9.17, 15) is 9.59 Å². The molecular formula is C16H16N4O3. The van der Waals surface area contributed by atoms with Crippen LogP contribution in [0.2, 0.25) is 0 Å². The quantitative estimate of drug-likeness (QED) is 0.785.